The third kappa shape index (κ3) is 2.82. The Morgan fingerprint density at radius 3 is 2.25 bits per heavy atom. The summed E-state index contributed by atoms with van der Waals surface area (Å²) in [6, 6.07) is 13.5. The number of amides is 1. The molecule has 2 N–H and O–H groups in total. The highest BCUT2D eigenvalue weighted by molar-refractivity contribution is 5.96. The minimum atomic E-state index is 0.0313. The lowest BCUT2D eigenvalue weighted by atomic mass is 10.0. The van der Waals surface area contributed by atoms with E-state index in [0.29, 0.717) is 12.2 Å². The molecule has 0 saturated carbocycles. The number of para-hydroxylation sites is 1. The van der Waals surface area contributed by atoms with E-state index < -0.39 is 0 Å². The van der Waals surface area contributed by atoms with Crippen LogP contribution >= 0.6 is 0 Å². The van der Waals surface area contributed by atoms with E-state index in [1.165, 1.54) is 0 Å². The quantitative estimate of drug-likeness (QED) is 0.869. The summed E-state index contributed by atoms with van der Waals surface area (Å²) < 4.78 is 0. The molecule has 0 bridgehead atoms. The number of hydrogen-bond donors (Lipinski definition) is 1. The van der Waals surface area contributed by atoms with Gasteiger partial charge >= 0.3 is 0 Å². The molecule has 0 aliphatic carbocycles. The molecule has 2 rings (SSSR count). The molecular weight excluding hydrogens is 248 g/mol. The van der Waals surface area contributed by atoms with Crippen molar-refractivity contribution in [1.82, 2.24) is 4.90 Å². The van der Waals surface area contributed by atoms with E-state index in [2.05, 4.69) is 0 Å². The Bertz CT molecular complexity index is 614. The molecule has 0 aliphatic rings. The number of benzene rings is 2. The largest absolute Gasteiger partial charge is 0.398 e. The molecule has 1 amide bonds. The number of nitrogens with zero attached hydrogens (tertiary/aromatic N) is 1. The molecule has 0 spiro atoms. The Kier molecular flexibility index (Phi) is 4.08. The van der Waals surface area contributed by atoms with Gasteiger partial charge in [-0.1, -0.05) is 36.4 Å². The zero-order valence-corrected chi connectivity index (χ0v) is 12.2. The van der Waals surface area contributed by atoms with Crippen LogP contribution in [0.5, 0.6) is 0 Å². The summed E-state index contributed by atoms with van der Waals surface area (Å²) in [6.07, 6.45) is 0. The highest BCUT2D eigenvalue weighted by Gasteiger charge is 2.17. The van der Waals surface area contributed by atoms with Crippen molar-refractivity contribution in [2.45, 2.75) is 20.4 Å². The normalized spacial score (nSPS) is 10.3. The van der Waals surface area contributed by atoms with E-state index in [-0.39, 0.29) is 5.91 Å². The van der Waals surface area contributed by atoms with Gasteiger partial charge in [0.15, 0.2) is 0 Å². The summed E-state index contributed by atoms with van der Waals surface area (Å²) in [7, 11) is 1.81. The molecule has 0 unspecified atom stereocenters. The van der Waals surface area contributed by atoms with E-state index in [1.54, 1.807) is 11.9 Å². The van der Waals surface area contributed by atoms with Gasteiger partial charge in [0.2, 0.25) is 0 Å². The van der Waals surface area contributed by atoms with E-state index >= 15 is 0 Å². The molecule has 0 aromatic heterocycles. The zero-order valence-electron chi connectivity index (χ0n) is 12.2. The van der Waals surface area contributed by atoms with Crippen molar-refractivity contribution in [3.63, 3.8) is 0 Å². The Labute approximate surface area is 120 Å². The van der Waals surface area contributed by atoms with Crippen LogP contribution in [-0.4, -0.2) is 17.9 Å². The van der Waals surface area contributed by atoms with Gasteiger partial charge in [-0.2, -0.15) is 0 Å². The minimum absolute atomic E-state index is 0.0313. The number of carbonyl (C=O) groups excluding carboxylic acids is 1. The Hall–Kier alpha value is -2.29. The van der Waals surface area contributed by atoms with Gasteiger partial charge in [0, 0.05) is 24.8 Å². The molecule has 3 heteroatoms. The highest BCUT2D eigenvalue weighted by Crippen LogP contribution is 2.18. The van der Waals surface area contributed by atoms with Gasteiger partial charge in [-0.25, -0.2) is 0 Å². The van der Waals surface area contributed by atoms with Crippen LogP contribution in [0.15, 0.2) is 42.5 Å². The van der Waals surface area contributed by atoms with Gasteiger partial charge in [0.1, 0.15) is 0 Å². The predicted molar refractivity (Wildman–Crippen MR) is 82.6 cm³/mol. The van der Waals surface area contributed by atoms with E-state index in [1.807, 2.05) is 56.3 Å². The van der Waals surface area contributed by atoms with Crippen LogP contribution in [0, 0.1) is 13.8 Å². The molecule has 104 valence electrons. The van der Waals surface area contributed by atoms with Crippen LogP contribution in [0.2, 0.25) is 0 Å². The number of aryl methyl sites for hydroxylation is 2. The lowest BCUT2D eigenvalue weighted by molar-refractivity contribution is 0.0784. The van der Waals surface area contributed by atoms with Crippen molar-refractivity contribution < 1.29 is 4.79 Å². The molecule has 3 nitrogen and oxygen atoms in total. The zero-order chi connectivity index (χ0) is 14.7. The molecule has 2 aromatic rings. The van der Waals surface area contributed by atoms with Crippen LogP contribution < -0.4 is 5.73 Å². The maximum Gasteiger partial charge on any atom is 0.254 e. The van der Waals surface area contributed by atoms with Gasteiger partial charge in [-0.15, -0.1) is 0 Å². The van der Waals surface area contributed by atoms with Crippen LogP contribution in [0.25, 0.3) is 0 Å². The molecule has 2 aromatic carbocycles. The molecule has 0 radical (unpaired) electrons. The molecule has 0 heterocycles. The average Bonchev–Trinajstić information content (AvgIpc) is 2.41. The third-order valence-electron chi connectivity index (χ3n) is 3.50. The van der Waals surface area contributed by atoms with Crippen LogP contribution in [0.1, 0.15) is 27.0 Å². The smallest absolute Gasteiger partial charge is 0.254 e. The Balaban J connectivity index is 2.24. The number of anilines is 1. The number of rotatable bonds is 3. The number of carbonyl (C=O) groups is 1. The lowest BCUT2D eigenvalue weighted by Gasteiger charge is -2.20. The summed E-state index contributed by atoms with van der Waals surface area (Å²) >= 11 is 0. The molecule has 0 atom stereocenters. The lowest BCUT2D eigenvalue weighted by Crippen LogP contribution is -2.28. The van der Waals surface area contributed by atoms with Gasteiger partial charge < -0.3 is 10.6 Å². The van der Waals surface area contributed by atoms with Crippen molar-refractivity contribution in [2.24, 2.45) is 0 Å². The second-order valence-corrected chi connectivity index (χ2v) is 5.13. The second-order valence-electron chi connectivity index (χ2n) is 5.13. The number of nitrogens with two attached hydrogens (primary N) is 1. The van der Waals surface area contributed by atoms with Crippen LogP contribution in [0.4, 0.5) is 5.69 Å². The third-order valence-corrected chi connectivity index (χ3v) is 3.50. The Morgan fingerprint density at radius 2 is 1.65 bits per heavy atom. The van der Waals surface area contributed by atoms with Crippen molar-refractivity contribution in [3.05, 3.63) is 64.7 Å². The Morgan fingerprint density at radius 1 is 1.05 bits per heavy atom. The van der Waals surface area contributed by atoms with Crippen molar-refractivity contribution in [1.29, 1.82) is 0 Å². The summed E-state index contributed by atoms with van der Waals surface area (Å²) in [5, 5.41) is 0. The standard InChI is InChI=1S/C17H20N2O/c1-12-7-6-8-13(2)16(12)17(20)19(3)11-14-9-4-5-10-15(14)18/h4-10H,11,18H2,1-3H3. The van der Waals surface area contributed by atoms with Crippen molar-refractivity contribution in [2.75, 3.05) is 12.8 Å². The van der Waals surface area contributed by atoms with Gasteiger partial charge in [-0.05, 0) is 36.6 Å². The molecular formula is C17H20N2O. The topological polar surface area (TPSA) is 46.3 Å². The first-order valence-corrected chi connectivity index (χ1v) is 6.65. The molecule has 0 saturated heterocycles. The van der Waals surface area contributed by atoms with Crippen LogP contribution in [0.3, 0.4) is 0 Å². The maximum absolute atomic E-state index is 12.6. The highest BCUT2D eigenvalue weighted by atomic mass is 16.2. The van der Waals surface area contributed by atoms with E-state index in [0.717, 1.165) is 22.3 Å². The van der Waals surface area contributed by atoms with E-state index in [4.69, 9.17) is 5.73 Å². The summed E-state index contributed by atoms with van der Waals surface area (Å²) in [5.74, 6) is 0.0313. The summed E-state index contributed by atoms with van der Waals surface area (Å²) in [5.41, 5.74) is 10.4. The van der Waals surface area contributed by atoms with Gasteiger partial charge in [0.25, 0.3) is 5.91 Å². The molecule has 20 heavy (non-hydrogen) atoms. The van der Waals surface area contributed by atoms with Crippen LogP contribution in [-0.2, 0) is 6.54 Å². The first-order chi connectivity index (χ1) is 9.50. The fraction of sp³-hybridized carbons (Fsp3) is 0.235. The second kappa shape index (κ2) is 5.78. The SMILES string of the molecule is Cc1cccc(C)c1C(=O)N(C)Cc1ccccc1N. The average molecular weight is 268 g/mol. The fourth-order valence-electron chi connectivity index (χ4n) is 2.35. The van der Waals surface area contributed by atoms with E-state index in [9.17, 15) is 4.79 Å². The van der Waals surface area contributed by atoms with Crippen molar-refractivity contribution in [3.8, 4) is 0 Å². The first kappa shape index (κ1) is 14.1. The fourth-order valence-corrected chi connectivity index (χ4v) is 2.35. The molecule has 0 fully saturated rings. The number of hydrogen-bond acceptors (Lipinski definition) is 2. The summed E-state index contributed by atoms with van der Waals surface area (Å²) in [6.45, 7) is 4.44. The monoisotopic (exact) mass is 268 g/mol. The van der Waals surface area contributed by atoms with Crippen molar-refractivity contribution >= 4 is 11.6 Å². The number of nitrogen functional groups attached to an aromatic ring is 1. The van der Waals surface area contributed by atoms with Gasteiger partial charge in [-0.3, -0.25) is 4.79 Å². The summed E-state index contributed by atoms with van der Waals surface area (Å²) in [4.78, 5) is 14.3. The maximum atomic E-state index is 12.6. The first-order valence-electron chi connectivity index (χ1n) is 6.65. The molecule has 0 aliphatic heterocycles. The predicted octanol–water partition coefficient (Wildman–Crippen LogP) is 3.16. The van der Waals surface area contributed by atoms with Gasteiger partial charge in [0.05, 0.1) is 0 Å². The minimum Gasteiger partial charge on any atom is -0.398 e.